The van der Waals surface area contributed by atoms with Crippen LogP contribution in [0.1, 0.15) is 30.4 Å². The second kappa shape index (κ2) is 3.82. The van der Waals surface area contributed by atoms with E-state index in [0.29, 0.717) is 18.4 Å². The number of ketones is 1. The van der Waals surface area contributed by atoms with Crippen molar-refractivity contribution in [1.82, 2.24) is 5.32 Å². The number of phenolic OH excluding ortho intramolecular Hbond substituents is 1. The van der Waals surface area contributed by atoms with E-state index in [-0.39, 0.29) is 23.1 Å². The highest BCUT2D eigenvalue weighted by Crippen LogP contribution is 2.62. The van der Waals surface area contributed by atoms with Crippen LogP contribution in [0.25, 0.3) is 0 Å². The second-order valence-electron chi connectivity index (χ2n) is 6.73. The summed E-state index contributed by atoms with van der Waals surface area (Å²) in [4.78, 5) is 12.5. The Morgan fingerprint density at radius 1 is 1.48 bits per heavy atom. The zero-order valence-electron chi connectivity index (χ0n) is 11.5. The van der Waals surface area contributed by atoms with Crippen molar-refractivity contribution >= 4 is 21.7 Å². The van der Waals surface area contributed by atoms with Crippen LogP contribution in [-0.4, -0.2) is 29.6 Å². The minimum atomic E-state index is -0.344. The largest absolute Gasteiger partial charge is 0.507 e. The number of piperidine rings is 1. The van der Waals surface area contributed by atoms with Gasteiger partial charge in [0.1, 0.15) is 11.5 Å². The van der Waals surface area contributed by atoms with Crippen LogP contribution in [0.5, 0.6) is 11.5 Å². The summed E-state index contributed by atoms with van der Waals surface area (Å²) >= 11 is 3.54. The van der Waals surface area contributed by atoms with Gasteiger partial charge in [-0.2, -0.15) is 0 Å². The number of halogens is 1. The predicted molar refractivity (Wildman–Crippen MR) is 79.7 cm³/mol. The first kappa shape index (κ1) is 12.5. The molecule has 2 aliphatic heterocycles. The van der Waals surface area contributed by atoms with E-state index in [4.69, 9.17) is 4.74 Å². The van der Waals surface area contributed by atoms with Crippen LogP contribution < -0.4 is 10.1 Å². The topological polar surface area (TPSA) is 58.6 Å². The lowest BCUT2D eigenvalue weighted by Gasteiger charge is -2.54. The monoisotopic (exact) mass is 349 g/mol. The molecule has 5 rings (SSSR count). The molecule has 0 radical (unpaired) electrons. The van der Waals surface area contributed by atoms with Crippen LogP contribution in [0.2, 0.25) is 0 Å². The summed E-state index contributed by atoms with van der Waals surface area (Å²) in [5.41, 5.74) is 2.17. The van der Waals surface area contributed by atoms with Crippen LogP contribution in [0.3, 0.4) is 0 Å². The Balaban J connectivity index is 1.86. The molecule has 2 heterocycles. The van der Waals surface area contributed by atoms with Gasteiger partial charge in [0, 0.05) is 29.5 Å². The van der Waals surface area contributed by atoms with E-state index in [1.54, 1.807) is 6.07 Å². The van der Waals surface area contributed by atoms with Gasteiger partial charge in [-0.15, -0.1) is 0 Å². The fourth-order valence-corrected chi connectivity index (χ4v) is 5.77. The fraction of sp³-hybridized carbons (Fsp3) is 0.562. The molecule has 1 saturated heterocycles. The molecule has 1 saturated carbocycles. The molecule has 0 aromatic heterocycles. The number of ether oxygens (including phenoxy) is 1. The third-order valence-corrected chi connectivity index (χ3v) is 6.88. The molecule has 1 spiro atoms. The Labute approximate surface area is 131 Å². The maximum Gasteiger partial charge on any atom is 0.174 e. The molecule has 2 fully saturated rings. The minimum Gasteiger partial charge on any atom is -0.507 e. The molecular formula is C16H16BrNO3. The highest BCUT2D eigenvalue weighted by Gasteiger charge is 2.64. The maximum absolute atomic E-state index is 12.5. The lowest BCUT2D eigenvalue weighted by molar-refractivity contribution is -0.135. The summed E-state index contributed by atoms with van der Waals surface area (Å²) in [7, 11) is 0. The number of Topliss-reactive ketones (excluding diaryl/α,β-unsaturated/α-hetero) is 1. The second-order valence-corrected chi connectivity index (χ2v) is 7.52. The first-order valence-electron chi connectivity index (χ1n) is 7.60. The van der Waals surface area contributed by atoms with Crippen molar-refractivity contribution in [2.45, 2.75) is 43.2 Å². The maximum atomic E-state index is 12.5. The lowest BCUT2D eigenvalue weighted by atomic mass is 9.52. The first-order valence-corrected chi connectivity index (χ1v) is 8.40. The van der Waals surface area contributed by atoms with Crippen LogP contribution in [0, 0.1) is 5.92 Å². The van der Waals surface area contributed by atoms with Crippen molar-refractivity contribution < 1.29 is 14.6 Å². The number of phenols is 1. The molecule has 2 bridgehead atoms. The number of rotatable bonds is 0. The van der Waals surface area contributed by atoms with E-state index in [9.17, 15) is 9.90 Å². The number of hydrogen-bond acceptors (Lipinski definition) is 4. The number of nitrogens with one attached hydrogen (secondary N) is 1. The molecule has 0 amide bonds. The van der Waals surface area contributed by atoms with E-state index in [2.05, 4.69) is 21.2 Å². The van der Waals surface area contributed by atoms with E-state index in [1.807, 2.05) is 0 Å². The molecular weight excluding hydrogens is 334 g/mol. The normalized spacial score (nSPS) is 38.9. The van der Waals surface area contributed by atoms with Crippen LogP contribution >= 0.6 is 15.9 Å². The number of aromatic hydroxyl groups is 1. The van der Waals surface area contributed by atoms with Crippen molar-refractivity contribution in [3.63, 3.8) is 0 Å². The SMILES string of the molecule is O=C1CCC2C3Cc4c(Br)c(O)cc5c4C2(CCN3)C1O5. The average Bonchev–Trinajstić information content (AvgIpc) is 2.77. The van der Waals surface area contributed by atoms with Crippen molar-refractivity contribution in [2.75, 3.05) is 6.54 Å². The van der Waals surface area contributed by atoms with Crippen LogP contribution in [0.4, 0.5) is 0 Å². The van der Waals surface area contributed by atoms with Gasteiger partial charge >= 0.3 is 0 Å². The molecule has 2 N–H and O–H groups in total. The Morgan fingerprint density at radius 2 is 2.33 bits per heavy atom. The lowest BCUT2D eigenvalue weighted by Crippen LogP contribution is -2.65. The number of carbonyl (C=O) groups is 1. The van der Waals surface area contributed by atoms with Crippen molar-refractivity contribution in [1.29, 1.82) is 0 Å². The van der Waals surface area contributed by atoms with Gasteiger partial charge in [0.15, 0.2) is 11.9 Å². The van der Waals surface area contributed by atoms with Gasteiger partial charge in [-0.3, -0.25) is 4.79 Å². The third kappa shape index (κ3) is 1.29. The van der Waals surface area contributed by atoms with E-state index in [1.165, 1.54) is 5.56 Å². The van der Waals surface area contributed by atoms with Crippen LogP contribution in [-0.2, 0) is 16.6 Å². The Morgan fingerprint density at radius 3 is 3.19 bits per heavy atom. The van der Waals surface area contributed by atoms with Gasteiger partial charge in [-0.05, 0) is 53.2 Å². The third-order valence-electron chi connectivity index (χ3n) is 5.99. The quantitative estimate of drug-likeness (QED) is 0.752. The molecule has 4 unspecified atom stereocenters. The number of carbonyl (C=O) groups excluding carboxylic acids is 1. The molecule has 21 heavy (non-hydrogen) atoms. The molecule has 4 nitrogen and oxygen atoms in total. The summed E-state index contributed by atoms with van der Waals surface area (Å²) in [5.74, 6) is 1.64. The summed E-state index contributed by atoms with van der Waals surface area (Å²) in [6, 6.07) is 2.07. The standard InChI is InChI=1S/C16H16BrNO3/c17-14-7-5-9-8-1-2-10(19)15-16(8,3-4-18-9)13(7)12(21-15)6-11(14)20/h6,8-9,15,18,20H,1-5H2. The number of benzene rings is 1. The Kier molecular flexibility index (Phi) is 2.27. The molecule has 110 valence electrons. The summed E-state index contributed by atoms with van der Waals surface area (Å²) in [6.07, 6.45) is 3.07. The summed E-state index contributed by atoms with van der Waals surface area (Å²) in [6.45, 7) is 0.936. The zero-order valence-corrected chi connectivity index (χ0v) is 13.1. The Bertz CT molecular complexity index is 689. The van der Waals surface area contributed by atoms with E-state index >= 15 is 0 Å². The summed E-state index contributed by atoms with van der Waals surface area (Å²) < 4.78 is 6.84. The minimum absolute atomic E-state index is 0.162. The first-order chi connectivity index (χ1) is 10.1. The molecule has 4 atom stereocenters. The van der Waals surface area contributed by atoms with Gasteiger partial charge in [-0.1, -0.05) is 0 Å². The fourth-order valence-electron chi connectivity index (χ4n) is 5.29. The van der Waals surface area contributed by atoms with Crippen molar-refractivity contribution in [2.24, 2.45) is 5.92 Å². The van der Waals surface area contributed by atoms with Crippen LogP contribution in [0.15, 0.2) is 10.5 Å². The molecule has 1 aromatic rings. The van der Waals surface area contributed by atoms with Gasteiger partial charge < -0.3 is 15.2 Å². The van der Waals surface area contributed by atoms with Gasteiger partial charge in [-0.25, -0.2) is 0 Å². The predicted octanol–water partition coefficient (Wildman–Crippen LogP) is 2.05. The Hall–Kier alpha value is -1.07. The average molecular weight is 350 g/mol. The summed E-state index contributed by atoms with van der Waals surface area (Å²) in [5, 5.41) is 13.8. The highest BCUT2D eigenvalue weighted by atomic mass is 79.9. The molecule has 2 aliphatic carbocycles. The molecule has 4 aliphatic rings. The van der Waals surface area contributed by atoms with Gasteiger partial charge in [0.25, 0.3) is 0 Å². The molecule has 1 aromatic carbocycles. The molecule has 5 heteroatoms. The van der Waals surface area contributed by atoms with Crippen molar-refractivity contribution in [3.8, 4) is 11.5 Å². The van der Waals surface area contributed by atoms with Crippen molar-refractivity contribution in [3.05, 3.63) is 21.7 Å². The van der Waals surface area contributed by atoms with E-state index < -0.39 is 0 Å². The van der Waals surface area contributed by atoms with E-state index in [0.717, 1.165) is 41.6 Å². The zero-order chi connectivity index (χ0) is 14.4. The highest BCUT2D eigenvalue weighted by molar-refractivity contribution is 9.10. The van der Waals surface area contributed by atoms with Gasteiger partial charge in [0.2, 0.25) is 0 Å². The van der Waals surface area contributed by atoms with Gasteiger partial charge in [0.05, 0.1) is 4.47 Å². The number of hydrogen-bond donors (Lipinski definition) is 2. The smallest absolute Gasteiger partial charge is 0.174 e.